The van der Waals surface area contributed by atoms with Gasteiger partial charge in [-0.15, -0.1) is 0 Å². The molecule has 0 N–H and O–H groups in total. The zero-order chi connectivity index (χ0) is 15.2. The van der Waals surface area contributed by atoms with Gasteiger partial charge in [0.25, 0.3) is 5.91 Å². The van der Waals surface area contributed by atoms with Gasteiger partial charge in [-0.3, -0.25) is 9.69 Å². The Bertz CT molecular complexity index is 578. The summed E-state index contributed by atoms with van der Waals surface area (Å²) in [7, 11) is 0. The molecule has 1 fully saturated rings. The van der Waals surface area contributed by atoms with Crippen LogP contribution >= 0.6 is 11.3 Å². The summed E-state index contributed by atoms with van der Waals surface area (Å²) in [6, 6.07) is 11.8. The van der Waals surface area contributed by atoms with Gasteiger partial charge in [0.1, 0.15) is 12.4 Å². The number of benzene rings is 1. The standard InChI is InChI=1S/C17H20N2O2S/c20-17(15-6-13-22-14-15)19-9-7-18(8-10-19)11-12-21-16-4-2-1-3-5-16/h1-6,13-14H,7-12H2. The van der Waals surface area contributed by atoms with Crippen molar-refractivity contribution in [2.24, 2.45) is 0 Å². The van der Waals surface area contributed by atoms with Gasteiger partial charge < -0.3 is 9.64 Å². The molecule has 4 nitrogen and oxygen atoms in total. The number of hydrogen-bond acceptors (Lipinski definition) is 4. The maximum absolute atomic E-state index is 12.3. The lowest BCUT2D eigenvalue weighted by molar-refractivity contribution is 0.0621. The topological polar surface area (TPSA) is 32.8 Å². The smallest absolute Gasteiger partial charge is 0.254 e. The van der Waals surface area contributed by atoms with E-state index in [0.717, 1.165) is 44.0 Å². The third-order valence-electron chi connectivity index (χ3n) is 3.85. The maximum atomic E-state index is 12.3. The molecule has 2 heterocycles. The van der Waals surface area contributed by atoms with E-state index in [2.05, 4.69) is 4.90 Å². The molecule has 0 bridgehead atoms. The van der Waals surface area contributed by atoms with Crippen LogP contribution in [0.25, 0.3) is 0 Å². The Morgan fingerprint density at radius 3 is 2.55 bits per heavy atom. The number of nitrogens with zero attached hydrogens (tertiary/aromatic N) is 2. The van der Waals surface area contributed by atoms with Crippen LogP contribution in [0.3, 0.4) is 0 Å². The molecule has 1 aliphatic heterocycles. The summed E-state index contributed by atoms with van der Waals surface area (Å²) < 4.78 is 5.72. The van der Waals surface area contributed by atoms with Gasteiger partial charge in [0, 0.05) is 38.1 Å². The number of carbonyl (C=O) groups excluding carboxylic acids is 1. The van der Waals surface area contributed by atoms with E-state index in [1.807, 2.05) is 52.1 Å². The van der Waals surface area contributed by atoms with Gasteiger partial charge in [-0.05, 0) is 23.6 Å². The number of amides is 1. The highest BCUT2D eigenvalue weighted by molar-refractivity contribution is 7.08. The number of ether oxygens (including phenoxy) is 1. The second kappa shape index (κ2) is 7.42. The predicted octanol–water partition coefficient (Wildman–Crippen LogP) is 2.58. The molecule has 0 unspecified atom stereocenters. The van der Waals surface area contributed by atoms with E-state index < -0.39 is 0 Å². The second-order valence-corrected chi connectivity index (χ2v) is 6.09. The van der Waals surface area contributed by atoms with Crippen LogP contribution < -0.4 is 4.74 Å². The Hall–Kier alpha value is -1.85. The van der Waals surface area contributed by atoms with E-state index >= 15 is 0 Å². The van der Waals surface area contributed by atoms with Crippen LogP contribution in [0.5, 0.6) is 5.75 Å². The van der Waals surface area contributed by atoms with Crippen molar-refractivity contribution >= 4 is 17.2 Å². The molecule has 1 saturated heterocycles. The Kier molecular flexibility index (Phi) is 5.08. The van der Waals surface area contributed by atoms with Gasteiger partial charge in [0.05, 0.1) is 5.56 Å². The Balaban J connectivity index is 1.39. The van der Waals surface area contributed by atoms with Crippen molar-refractivity contribution in [2.45, 2.75) is 0 Å². The van der Waals surface area contributed by atoms with Crippen molar-refractivity contribution in [3.05, 3.63) is 52.7 Å². The van der Waals surface area contributed by atoms with Crippen LogP contribution in [-0.2, 0) is 0 Å². The fourth-order valence-electron chi connectivity index (χ4n) is 2.55. The molecule has 1 amide bonds. The number of para-hydroxylation sites is 1. The molecule has 0 atom stereocenters. The van der Waals surface area contributed by atoms with Crippen LogP contribution in [0, 0.1) is 0 Å². The van der Waals surface area contributed by atoms with E-state index in [1.54, 1.807) is 11.3 Å². The van der Waals surface area contributed by atoms with Crippen LogP contribution in [0.1, 0.15) is 10.4 Å². The maximum Gasteiger partial charge on any atom is 0.254 e. The van der Waals surface area contributed by atoms with Crippen LogP contribution in [-0.4, -0.2) is 55.0 Å². The molecule has 0 saturated carbocycles. The van der Waals surface area contributed by atoms with Gasteiger partial charge in [-0.2, -0.15) is 11.3 Å². The van der Waals surface area contributed by atoms with Crippen LogP contribution in [0.2, 0.25) is 0 Å². The molecule has 1 aromatic heterocycles. The average molecular weight is 316 g/mol. The van der Waals surface area contributed by atoms with Crippen molar-refractivity contribution in [2.75, 3.05) is 39.3 Å². The molecule has 1 aliphatic rings. The lowest BCUT2D eigenvalue weighted by Crippen LogP contribution is -2.49. The average Bonchev–Trinajstić information content (AvgIpc) is 3.10. The highest BCUT2D eigenvalue weighted by Gasteiger charge is 2.22. The predicted molar refractivity (Wildman–Crippen MR) is 88.6 cm³/mol. The minimum atomic E-state index is 0.154. The summed E-state index contributed by atoms with van der Waals surface area (Å²) >= 11 is 1.57. The monoisotopic (exact) mass is 316 g/mol. The molecule has 0 spiro atoms. The Morgan fingerprint density at radius 1 is 1.09 bits per heavy atom. The zero-order valence-corrected chi connectivity index (χ0v) is 13.3. The minimum absolute atomic E-state index is 0.154. The van der Waals surface area contributed by atoms with E-state index in [0.29, 0.717) is 6.61 Å². The molecular formula is C17H20N2O2S. The fraction of sp³-hybridized carbons (Fsp3) is 0.353. The third kappa shape index (κ3) is 3.87. The van der Waals surface area contributed by atoms with Crippen LogP contribution in [0.4, 0.5) is 0 Å². The fourth-order valence-corrected chi connectivity index (χ4v) is 3.18. The summed E-state index contributed by atoms with van der Waals surface area (Å²) in [5.74, 6) is 1.07. The largest absolute Gasteiger partial charge is 0.492 e. The summed E-state index contributed by atoms with van der Waals surface area (Å²) in [5, 5.41) is 3.87. The van der Waals surface area contributed by atoms with E-state index in [4.69, 9.17) is 4.74 Å². The lowest BCUT2D eigenvalue weighted by Gasteiger charge is -2.34. The summed E-state index contributed by atoms with van der Waals surface area (Å²) in [6.07, 6.45) is 0. The van der Waals surface area contributed by atoms with Crippen molar-refractivity contribution in [3.8, 4) is 5.75 Å². The molecule has 1 aromatic carbocycles. The van der Waals surface area contributed by atoms with Gasteiger partial charge >= 0.3 is 0 Å². The summed E-state index contributed by atoms with van der Waals surface area (Å²) in [4.78, 5) is 16.5. The first-order valence-corrected chi connectivity index (χ1v) is 8.49. The third-order valence-corrected chi connectivity index (χ3v) is 4.53. The van der Waals surface area contributed by atoms with Crippen molar-refractivity contribution in [1.82, 2.24) is 9.80 Å². The quantitative estimate of drug-likeness (QED) is 0.850. The number of rotatable bonds is 5. The van der Waals surface area contributed by atoms with E-state index in [9.17, 15) is 4.79 Å². The van der Waals surface area contributed by atoms with E-state index in [1.165, 1.54) is 0 Å². The molecular weight excluding hydrogens is 296 g/mol. The number of carbonyl (C=O) groups is 1. The number of hydrogen-bond donors (Lipinski definition) is 0. The first-order chi connectivity index (χ1) is 10.8. The van der Waals surface area contributed by atoms with Crippen molar-refractivity contribution in [3.63, 3.8) is 0 Å². The summed E-state index contributed by atoms with van der Waals surface area (Å²) in [6.45, 7) is 4.99. The normalized spacial score (nSPS) is 15.7. The van der Waals surface area contributed by atoms with Gasteiger partial charge in [-0.1, -0.05) is 18.2 Å². The van der Waals surface area contributed by atoms with E-state index in [-0.39, 0.29) is 5.91 Å². The van der Waals surface area contributed by atoms with Crippen molar-refractivity contribution in [1.29, 1.82) is 0 Å². The van der Waals surface area contributed by atoms with Gasteiger partial charge in [-0.25, -0.2) is 0 Å². The molecule has 5 heteroatoms. The number of thiophene rings is 1. The first kappa shape index (κ1) is 15.1. The molecule has 0 aliphatic carbocycles. The first-order valence-electron chi connectivity index (χ1n) is 7.54. The lowest BCUT2D eigenvalue weighted by atomic mass is 10.2. The van der Waals surface area contributed by atoms with Crippen molar-refractivity contribution < 1.29 is 9.53 Å². The van der Waals surface area contributed by atoms with Gasteiger partial charge in [0.15, 0.2) is 0 Å². The molecule has 3 rings (SSSR count). The Morgan fingerprint density at radius 2 is 1.86 bits per heavy atom. The summed E-state index contributed by atoms with van der Waals surface area (Å²) in [5.41, 5.74) is 0.811. The highest BCUT2D eigenvalue weighted by Crippen LogP contribution is 2.12. The molecule has 0 radical (unpaired) electrons. The minimum Gasteiger partial charge on any atom is -0.492 e. The second-order valence-electron chi connectivity index (χ2n) is 5.31. The molecule has 116 valence electrons. The van der Waals surface area contributed by atoms with Crippen LogP contribution in [0.15, 0.2) is 47.2 Å². The molecule has 2 aromatic rings. The number of piperazine rings is 1. The SMILES string of the molecule is O=C(c1ccsc1)N1CCN(CCOc2ccccc2)CC1. The zero-order valence-electron chi connectivity index (χ0n) is 12.5. The highest BCUT2D eigenvalue weighted by atomic mass is 32.1. The Labute approximate surface area is 134 Å². The molecule has 22 heavy (non-hydrogen) atoms. The van der Waals surface area contributed by atoms with Gasteiger partial charge in [0.2, 0.25) is 0 Å².